The predicted octanol–water partition coefficient (Wildman–Crippen LogP) is 4.71. The molecule has 178 valence electrons. The molecule has 1 aliphatic carbocycles. The summed E-state index contributed by atoms with van der Waals surface area (Å²) >= 11 is 1.31. The van der Waals surface area contributed by atoms with Crippen LogP contribution < -0.4 is 5.56 Å². The lowest BCUT2D eigenvalue weighted by Crippen LogP contribution is -2.32. The van der Waals surface area contributed by atoms with Gasteiger partial charge in [-0.05, 0) is 48.6 Å². The molecule has 2 aromatic carbocycles. The standard InChI is InChI=1S/C26H21F2N3O3S/c27-18-7-16(8-19(28)12-18)9-22(24(33)13-25-29-5-6-35-25)31-14-30-21-11-17(3-4-20(21)26(31)34)23(32)10-15-1-2-15/h3-8,11-12,14-15,22H,1-2,9-10,13H2. The number of hydrogen-bond donors (Lipinski definition) is 0. The van der Waals surface area contributed by atoms with E-state index < -0.39 is 23.2 Å². The third kappa shape index (κ3) is 5.24. The van der Waals surface area contributed by atoms with Crippen LogP contribution >= 0.6 is 11.3 Å². The van der Waals surface area contributed by atoms with E-state index in [1.54, 1.807) is 29.8 Å². The highest BCUT2D eigenvalue weighted by molar-refractivity contribution is 7.09. The van der Waals surface area contributed by atoms with Crippen LogP contribution in [0.5, 0.6) is 0 Å². The summed E-state index contributed by atoms with van der Waals surface area (Å²) in [4.78, 5) is 47.6. The van der Waals surface area contributed by atoms with Gasteiger partial charge in [-0.1, -0.05) is 6.07 Å². The molecular weight excluding hydrogens is 472 g/mol. The Bertz CT molecular complexity index is 1460. The molecule has 0 bridgehead atoms. The number of Topliss-reactive ketones (excluding diaryl/α,β-unsaturated/α-hetero) is 2. The van der Waals surface area contributed by atoms with E-state index in [9.17, 15) is 23.2 Å². The summed E-state index contributed by atoms with van der Waals surface area (Å²) in [5.74, 6) is -1.40. The van der Waals surface area contributed by atoms with Crippen molar-refractivity contribution in [3.05, 3.63) is 92.4 Å². The molecule has 2 heterocycles. The third-order valence-corrected chi connectivity index (χ3v) is 6.92. The zero-order valence-electron chi connectivity index (χ0n) is 18.6. The number of benzene rings is 2. The van der Waals surface area contributed by atoms with E-state index in [4.69, 9.17) is 0 Å². The maximum Gasteiger partial charge on any atom is 0.261 e. The number of carbonyl (C=O) groups is 2. The Balaban J connectivity index is 1.52. The van der Waals surface area contributed by atoms with E-state index in [0.717, 1.165) is 31.0 Å². The molecule has 0 radical (unpaired) electrons. The van der Waals surface area contributed by atoms with E-state index in [2.05, 4.69) is 9.97 Å². The van der Waals surface area contributed by atoms with Gasteiger partial charge in [0.05, 0.1) is 28.7 Å². The van der Waals surface area contributed by atoms with Crippen molar-refractivity contribution in [3.63, 3.8) is 0 Å². The molecule has 1 unspecified atom stereocenters. The second kappa shape index (κ2) is 9.58. The number of nitrogens with zero attached hydrogens (tertiary/aromatic N) is 3. The van der Waals surface area contributed by atoms with Crippen molar-refractivity contribution in [1.29, 1.82) is 0 Å². The summed E-state index contributed by atoms with van der Waals surface area (Å²) in [7, 11) is 0. The number of ketones is 2. The SMILES string of the molecule is O=C(CC1CC1)c1ccc2c(=O)n(C(Cc3cc(F)cc(F)c3)C(=O)Cc3nccs3)cnc2c1. The minimum absolute atomic E-state index is 0.0185. The highest BCUT2D eigenvalue weighted by Crippen LogP contribution is 2.33. The molecule has 0 amide bonds. The van der Waals surface area contributed by atoms with Gasteiger partial charge in [-0.25, -0.2) is 18.7 Å². The second-order valence-electron chi connectivity index (χ2n) is 8.83. The number of rotatable bonds is 9. The number of fused-ring (bicyclic) bond motifs is 1. The normalized spacial score (nSPS) is 14.2. The van der Waals surface area contributed by atoms with Gasteiger partial charge in [-0.3, -0.25) is 19.0 Å². The molecule has 6 nitrogen and oxygen atoms in total. The molecule has 1 aliphatic rings. The topological polar surface area (TPSA) is 81.9 Å². The Labute approximate surface area is 203 Å². The van der Waals surface area contributed by atoms with Crippen LogP contribution in [0.3, 0.4) is 0 Å². The number of halogens is 2. The van der Waals surface area contributed by atoms with Crippen LogP contribution in [0.15, 0.2) is 59.1 Å². The van der Waals surface area contributed by atoms with Crippen LogP contribution in [0.25, 0.3) is 10.9 Å². The minimum atomic E-state index is -1.04. The third-order valence-electron chi connectivity index (χ3n) is 6.14. The largest absolute Gasteiger partial charge is 0.297 e. The fraction of sp³-hybridized carbons (Fsp3) is 0.269. The quantitative estimate of drug-likeness (QED) is 0.316. The number of aromatic nitrogens is 3. The lowest BCUT2D eigenvalue weighted by Gasteiger charge is -2.19. The summed E-state index contributed by atoms with van der Waals surface area (Å²) in [5, 5.41) is 2.57. The van der Waals surface area contributed by atoms with Crippen LogP contribution in [-0.2, 0) is 17.6 Å². The van der Waals surface area contributed by atoms with Gasteiger partial charge in [0.2, 0.25) is 0 Å². The highest BCUT2D eigenvalue weighted by Gasteiger charge is 2.26. The molecule has 0 spiro atoms. The first-order chi connectivity index (χ1) is 16.9. The number of thiazole rings is 1. The van der Waals surface area contributed by atoms with Crippen molar-refractivity contribution in [1.82, 2.24) is 14.5 Å². The van der Waals surface area contributed by atoms with Crippen LogP contribution in [0.4, 0.5) is 8.78 Å². The molecule has 0 aliphatic heterocycles. The maximum atomic E-state index is 13.8. The summed E-state index contributed by atoms with van der Waals surface area (Å²) in [5.41, 5.74) is 0.634. The molecule has 35 heavy (non-hydrogen) atoms. The molecule has 1 atom stereocenters. The van der Waals surface area contributed by atoms with Gasteiger partial charge < -0.3 is 0 Å². The van der Waals surface area contributed by atoms with Crippen LogP contribution in [0, 0.1) is 17.6 Å². The molecule has 0 saturated heterocycles. The average Bonchev–Trinajstić information content (AvgIpc) is 3.49. The van der Waals surface area contributed by atoms with Crippen molar-refractivity contribution >= 4 is 33.8 Å². The fourth-order valence-corrected chi connectivity index (χ4v) is 4.79. The highest BCUT2D eigenvalue weighted by atomic mass is 32.1. The Morgan fingerprint density at radius 1 is 1.09 bits per heavy atom. The second-order valence-corrected chi connectivity index (χ2v) is 9.81. The van der Waals surface area contributed by atoms with E-state index >= 15 is 0 Å². The van der Waals surface area contributed by atoms with E-state index in [1.807, 2.05) is 0 Å². The predicted molar refractivity (Wildman–Crippen MR) is 128 cm³/mol. The molecule has 1 saturated carbocycles. The van der Waals surface area contributed by atoms with E-state index in [-0.39, 0.29) is 35.4 Å². The van der Waals surface area contributed by atoms with E-state index in [1.165, 1.54) is 22.2 Å². The van der Waals surface area contributed by atoms with Gasteiger partial charge in [0.1, 0.15) is 17.7 Å². The monoisotopic (exact) mass is 493 g/mol. The summed E-state index contributed by atoms with van der Waals surface area (Å²) < 4.78 is 28.8. The summed E-state index contributed by atoms with van der Waals surface area (Å²) in [6.07, 6.45) is 5.33. The Morgan fingerprint density at radius 3 is 2.54 bits per heavy atom. The maximum absolute atomic E-state index is 13.8. The van der Waals surface area contributed by atoms with E-state index in [0.29, 0.717) is 28.4 Å². The fourth-order valence-electron chi connectivity index (χ4n) is 4.16. The molecule has 4 aromatic rings. The average molecular weight is 494 g/mol. The van der Waals surface area contributed by atoms with Crippen LogP contribution in [-0.4, -0.2) is 26.1 Å². The molecular formula is C26H21F2N3O3S. The van der Waals surface area contributed by atoms with Crippen molar-refractivity contribution in [2.75, 3.05) is 0 Å². The molecule has 0 N–H and O–H groups in total. The Kier molecular flexibility index (Phi) is 6.34. The van der Waals surface area contributed by atoms with Crippen molar-refractivity contribution in [2.24, 2.45) is 5.92 Å². The summed E-state index contributed by atoms with van der Waals surface area (Å²) in [6, 6.07) is 6.75. The zero-order chi connectivity index (χ0) is 24.5. The van der Waals surface area contributed by atoms with Gasteiger partial charge in [-0.2, -0.15) is 0 Å². The Hall–Kier alpha value is -3.59. The smallest absolute Gasteiger partial charge is 0.261 e. The van der Waals surface area contributed by atoms with Crippen LogP contribution in [0.1, 0.15) is 46.2 Å². The van der Waals surface area contributed by atoms with Gasteiger partial charge in [0.25, 0.3) is 5.56 Å². The zero-order valence-corrected chi connectivity index (χ0v) is 19.4. The first kappa shape index (κ1) is 23.2. The summed E-state index contributed by atoms with van der Waals surface area (Å²) in [6.45, 7) is 0. The number of carbonyl (C=O) groups excluding carboxylic acids is 2. The van der Waals surface area contributed by atoms with Gasteiger partial charge >= 0.3 is 0 Å². The molecule has 2 aromatic heterocycles. The van der Waals surface area contributed by atoms with Crippen molar-refractivity contribution < 1.29 is 18.4 Å². The van der Waals surface area contributed by atoms with Gasteiger partial charge in [0, 0.05) is 36.0 Å². The minimum Gasteiger partial charge on any atom is -0.297 e. The lowest BCUT2D eigenvalue weighted by molar-refractivity contribution is -0.121. The van der Waals surface area contributed by atoms with Crippen molar-refractivity contribution in [3.8, 4) is 0 Å². The number of hydrogen-bond acceptors (Lipinski definition) is 6. The first-order valence-electron chi connectivity index (χ1n) is 11.3. The molecule has 9 heteroatoms. The lowest BCUT2D eigenvalue weighted by atomic mass is 9.99. The Morgan fingerprint density at radius 2 is 1.86 bits per heavy atom. The van der Waals surface area contributed by atoms with Crippen molar-refractivity contribution in [2.45, 2.75) is 38.1 Å². The van der Waals surface area contributed by atoms with Crippen LogP contribution in [0.2, 0.25) is 0 Å². The molecule has 1 fully saturated rings. The first-order valence-corrected chi connectivity index (χ1v) is 12.2. The molecule has 5 rings (SSSR count). The van der Waals surface area contributed by atoms with Gasteiger partial charge in [0.15, 0.2) is 11.6 Å². The van der Waals surface area contributed by atoms with Gasteiger partial charge in [-0.15, -0.1) is 11.3 Å².